The first-order chi connectivity index (χ1) is 8.42. The zero-order valence-electron chi connectivity index (χ0n) is 13.1. The molecule has 1 rings (SSSR count). The zero-order valence-corrected chi connectivity index (χ0v) is 13.1. The molecule has 0 aromatic rings. The monoisotopic (exact) mass is 255 g/mol. The number of nitrogens with zero attached hydrogens (tertiary/aromatic N) is 2. The number of likely N-dealkylation sites (N-methyl/N-ethyl adjacent to an activating group) is 2. The Morgan fingerprint density at radius 3 is 2.28 bits per heavy atom. The third-order valence-electron chi connectivity index (χ3n) is 4.59. The highest BCUT2D eigenvalue weighted by molar-refractivity contribution is 4.93. The van der Waals surface area contributed by atoms with Crippen LogP contribution >= 0.6 is 0 Å². The van der Waals surface area contributed by atoms with E-state index in [1.807, 2.05) is 0 Å². The molecular weight excluding hydrogens is 222 g/mol. The van der Waals surface area contributed by atoms with Crippen molar-refractivity contribution in [3.8, 4) is 0 Å². The van der Waals surface area contributed by atoms with Crippen molar-refractivity contribution in [2.45, 2.75) is 58.0 Å². The van der Waals surface area contributed by atoms with Gasteiger partial charge in [0.2, 0.25) is 0 Å². The molecule has 0 saturated heterocycles. The Bertz CT molecular complexity index is 238. The van der Waals surface area contributed by atoms with E-state index >= 15 is 0 Å². The van der Waals surface area contributed by atoms with Gasteiger partial charge in [-0.05, 0) is 46.8 Å². The summed E-state index contributed by atoms with van der Waals surface area (Å²) in [4.78, 5) is 4.89. The van der Waals surface area contributed by atoms with Crippen molar-refractivity contribution >= 4 is 0 Å². The van der Waals surface area contributed by atoms with E-state index in [9.17, 15) is 0 Å². The van der Waals surface area contributed by atoms with Gasteiger partial charge in [-0.3, -0.25) is 4.90 Å². The van der Waals surface area contributed by atoms with Crippen LogP contribution in [0.4, 0.5) is 0 Å². The average Bonchev–Trinajstić information content (AvgIpc) is 2.23. The van der Waals surface area contributed by atoms with Crippen molar-refractivity contribution < 1.29 is 0 Å². The van der Waals surface area contributed by atoms with Gasteiger partial charge in [0.25, 0.3) is 0 Å². The van der Waals surface area contributed by atoms with Gasteiger partial charge in [-0.1, -0.05) is 26.2 Å². The molecule has 3 heteroatoms. The normalized spacial score (nSPS) is 22.0. The molecule has 0 heterocycles. The Morgan fingerprint density at radius 2 is 1.94 bits per heavy atom. The molecule has 2 N–H and O–H groups in total. The lowest BCUT2D eigenvalue weighted by atomic mass is 9.75. The highest BCUT2D eigenvalue weighted by Crippen LogP contribution is 2.36. The van der Waals surface area contributed by atoms with E-state index in [1.165, 1.54) is 25.7 Å². The predicted octanol–water partition coefficient (Wildman–Crippen LogP) is 2.17. The van der Waals surface area contributed by atoms with Crippen molar-refractivity contribution in [3.63, 3.8) is 0 Å². The summed E-state index contributed by atoms with van der Waals surface area (Å²) in [6.07, 6.45) is 5.52. The van der Waals surface area contributed by atoms with Gasteiger partial charge in [0.05, 0.1) is 0 Å². The molecule has 1 aliphatic rings. The van der Waals surface area contributed by atoms with Gasteiger partial charge >= 0.3 is 0 Å². The fraction of sp³-hybridized carbons (Fsp3) is 1.00. The predicted molar refractivity (Wildman–Crippen MR) is 79.8 cm³/mol. The van der Waals surface area contributed by atoms with Crippen LogP contribution in [0.15, 0.2) is 0 Å². The van der Waals surface area contributed by atoms with E-state index in [0.29, 0.717) is 6.04 Å². The molecule has 108 valence electrons. The van der Waals surface area contributed by atoms with Crippen molar-refractivity contribution in [2.75, 3.05) is 33.7 Å². The molecule has 2 unspecified atom stereocenters. The molecule has 0 amide bonds. The third-order valence-corrected chi connectivity index (χ3v) is 4.59. The van der Waals surface area contributed by atoms with Gasteiger partial charge in [-0.25, -0.2) is 0 Å². The standard InChI is InChI=1S/C15H33N3/c1-6-18(13(2)11-17(4)5)15(3,12-16)10-14-8-7-9-14/h13-14H,6-12,16H2,1-5H3. The summed E-state index contributed by atoms with van der Waals surface area (Å²) >= 11 is 0. The minimum Gasteiger partial charge on any atom is -0.329 e. The number of rotatable bonds is 8. The fourth-order valence-corrected chi connectivity index (χ4v) is 3.49. The number of nitrogens with two attached hydrogens (primary N) is 1. The molecule has 3 nitrogen and oxygen atoms in total. The summed E-state index contributed by atoms with van der Waals surface area (Å²) in [5.74, 6) is 0.916. The highest BCUT2D eigenvalue weighted by Gasteiger charge is 2.36. The van der Waals surface area contributed by atoms with Crippen molar-refractivity contribution in [2.24, 2.45) is 11.7 Å². The summed E-state index contributed by atoms with van der Waals surface area (Å²) in [7, 11) is 4.30. The topological polar surface area (TPSA) is 32.5 Å². The first-order valence-electron chi connectivity index (χ1n) is 7.54. The fourth-order valence-electron chi connectivity index (χ4n) is 3.49. The lowest BCUT2D eigenvalue weighted by Gasteiger charge is -2.47. The van der Waals surface area contributed by atoms with Gasteiger partial charge in [0, 0.05) is 24.7 Å². The van der Waals surface area contributed by atoms with Crippen LogP contribution in [-0.4, -0.2) is 55.1 Å². The molecule has 0 spiro atoms. The van der Waals surface area contributed by atoms with E-state index in [-0.39, 0.29) is 5.54 Å². The molecule has 0 radical (unpaired) electrons. The Labute approximate surface area is 114 Å². The van der Waals surface area contributed by atoms with Gasteiger partial charge in [0.15, 0.2) is 0 Å². The van der Waals surface area contributed by atoms with Gasteiger partial charge in [-0.2, -0.15) is 0 Å². The van der Waals surface area contributed by atoms with Crippen LogP contribution in [0.3, 0.4) is 0 Å². The Morgan fingerprint density at radius 1 is 1.33 bits per heavy atom. The van der Waals surface area contributed by atoms with Crippen molar-refractivity contribution in [3.05, 3.63) is 0 Å². The third kappa shape index (κ3) is 3.94. The van der Waals surface area contributed by atoms with Crippen LogP contribution in [0, 0.1) is 5.92 Å². The van der Waals surface area contributed by atoms with Crippen molar-refractivity contribution in [1.29, 1.82) is 0 Å². The maximum Gasteiger partial charge on any atom is 0.0309 e. The Balaban J connectivity index is 2.67. The van der Waals surface area contributed by atoms with Crippen LogP contribution in [0.25, 0.3) is 0 Å². The molecular formula is C15H33N3. The lowest BCUT2D eigenvalue weighted by Crippen LogP contribution is -2.58. The highest BCUT2D eigenvalue weighted by atomic mass is 15.3. The number of hydrogen-bond donors (Lipinski definition) is 1. The van der Waals surface area contributed by atoms with Gasteiger partial charge in [0.1, 0.15) is 0 Å². The molecule has 1 fully saturated rings. The second kappa shape index (κ2) is 6.88. The molecule has 0 aromatic carbocycles. The van der Waals surface area contributed by atoms with E-state index in [1.54, 1.807) is 0 Å². The summed E-state index contributed by atoms with van der Waals surface area (Å²) in [6.45, 7) is 9.93. The minimum absolute atomic E-state index is 0.176. The molecule has 18 heavy (non-hydrogen) atoms. The zero-order chi connectivity index (χ0) is 13.8. The summed E-state index contributed by atoms with van der Waals surface area (Å²) in [6, 6.07) is 0.568. The van der Waals surface area contributed by atoms with E-state index in [0.717, 1.165) is 25.6 Å². The van der Waals surface area contributed by atoms with Crippen molar-refractivity contribution in [1.82, 2.24) is 9.80 Å². The Kier molecular flexibility index (Phi) is 6.09. The summed E-state index contributed by atoms with van der Waals surface area (Å²) in [5.41, 5.74) is 6.30. The Hall–Kier alpha value is -0.120. The first kappa shape index (κ1) is 15.9. The first-order valence-corrected chi connectivity index (χ1v) is 7.54. The van der Waals surface area contributed by atoms with Gasteiger partial charge in [-0.15, -0.1) is 0 Å². The second-order valence-electron chi connectivity index (χ2n) is 6.60. The molecule has 0 bridgehead atoms. The largest absolute Gasteiger partial charge is 0.329 e. The van der Waals surface area contributed by atoms with E-state index < -0.39 is 0 Å². The molecule has 2 atom stereocenters. The molecule has 1 aliphatic carbocycles. The van der Waals surface area contributed by atoms with Crippen LogP contribution < -0.4 is 5.73 Å². The summed E-state index contributed by atoms with van der Waals surface area (Å²) < 4.78 is 0. The van der Waals surface area contributed by atoms with Gasteiger partial charge < -0.3 is 10.6 Å². The van der Waals surface area contributed by atoms with Crippen LogP contribution in [0.2, 0.25) is 0 Å². The van der Waals surface area contributed by atoms with E-state index in [4.69, 9.17) is 5.73 Å². The summed E-state index contributed by atoms with van der Waals surface area (Å²) in [5, 5.41) is 0. The average molecular weight is 255 g/mol. The SMILES string of the molecule is CCN(C(C)CN(C)C)C(C)(CN)CC1CCC1. The van der Waals surface area contributed by atoms with Crippen LogP contribution in [0.5, 0.6) is 0 Å². The quantitative estimate of drug-likeness (QED) is 0.721. The molecule has 1 saturated carbocycles. The maximum absolute atomic E-state index is 6.12. The van der Waals surface area contributed by atoms with E-state index in [2.05, 4.69) is 44.7 Å². The number of hydrogen-bond acceptors (Lipinski definition) is 3. The molecule has 0 aromatic heterocycles. The second-order valence-corrected chi connectivity index (χ2v) is 6.60. The van der Waals surface area contributed by atoms with Crippen LogP contribution in [0.1, 0.15) is 46.5 Å². The smallest absolute Gasteiger partial charge is 0.0309 e. The minimum atomic E-state index is 0.176. The maximum atomic E-state index is 6.12. The lowest BCUT2D eigenvalue weighted by molar-refractivity contribution is 0.0318. The van der Waals surface area contributed by atoms with Crippen LogP contribution in [-0.2, 0) is 0 Å². The molecule has 0 aliphatic heterocycles.